The molecule has 0 unspecified atom stereocenters. The van der Waals surface area contributed by atoms with Crippen molar-refractivity contribution in [1.82, 2.24) is 19.6 Å². The molecule has 0 spiro atoms. The molecule has 0 saturated carbocycles. The van der Waals surface area contributed by atoms with Crippen LogP contribution in [0.25, 0.3) is 0 Å². The number of carbonyl (C=O) groups excluding carboxylic acids is 1. The normalized spacial score (nSPS) is 14.9. The van der Waals surface area contributed by atoms with Crippen LogP contribution in [0.4, 0.5) is 0 Å². The van der Waals surface area contributed by atoms with Gasteiger partial charge in [-0.25, -0.2) is 0 Å². The van der Waals surface area contributed by atoms with Crippen LogP contribution in [-0.2, 0) is 24.0 Å². The molecule has 0 aliphatic carbocycles. The van der Waals surface area contributed by atoms with Crippen molar-refractivity contribution >= 4 is 29.8 Å². The highest BCUT2D eigenvalue weighted by Gasteiger charge is 2.43. The molecule has 320 valence electrons. The quantitative estimate of drug-likeness (QED) is 0.0470. The van der Waals surface area contributed by atoms with Crippen LogP contribution >= 0.6 is 0 Å². The van der Waals surface area contributed by atoms with Gasteiger partial charge in [-0.05, 0) is 25.7 Å². The number of hydrogen-bond acceptors (Lipinski definition) is 8. The van der Waals surface area contributed by atoms with Gasteiger partial charge in [-0.15, -0.1) is 0 Å². The third kappa shape index (κ3) is 25.2. The first-order chi connectivity index (χ1) is 26.4. The SMILES string of the molecule is CCCCCCCCCCCCN(CCCCCCCCCCCC)C(=O)CCCCC1(N(CC(=O)O)CC(=O)O)CN(CC(=O)O)CCN(CC(=O)O)C1. The average molecular weight is 783 g/mol. The van der Waals surface area contributed by atoms with Crippen molar-refractivity contribution in [3.05, 3.63) is 0 Å². The summed E-state index contributed by atoms with van der Waals surface area (Å²) < 4.78 is 0. The maximum atomic E-state index is 13.7. The number of aliphatic carboxylic acids is 4. The van der Waals surface area contributed by atoms with Gasteiger partial charge in [0.05, 0.1) is 26.2 Å². The predicted octanol–water partition coefficient (Wildman–Crippen LogP) is 7.21. The van der Waals surface area contributed by atoms with E-state index in [2.05, 4.69) is 13.8 Å². The average Bonchev–Trinajstić information content (AvgIpc) is 3.28. The molecule has 0 atom stereocenters. The Morgan fingerprint density at radius 2 is 0.855 bits per heavy atom. The van der Waals surface area contributed by atoms with Crippen LogP contribution in [0.15, 0.2) is 0 Å². The van der Waals surface area contributed by atoms with E-state index < -0.39 is 42.5 Å². The summed E-state index contributed by atoms with van der Waals surface area (Å²) in [6.07, 6.45) is 26.1. The second-order valence-electron chi connectivity index (χ2n) is 16.0. The van der Waals surface area contributed by atoms with E-state index in [9.17, 15) is 44.4 Å². The van der Waals surface area contributed by atoms with Gasteiger partial charge in [-0.3, -0.25) is 38.7 Å². The van der Waals surface area contributed by atoms with Crippen molar-refractivity contribution in [3.63, 3.8) is 0 Å². The summed E-state index contributed by atoms with van der Waals surface area (Å²) in [6, 6.07) is 0. The van der Waals surface area contributed by atoms with Crippen LogP contribution in [0.3, 0.4) is 0 Å². The van der Waals surface area contributed by atoms with Gasteiger partial charge in [0.1, 0.15) is 0 Å². The molecule has 1 amide bonds. The van der Waals surface area contributed by atoms with Gasteiger partial charge in [0.25, 0.3) is 0 Å². The first kappa shape index (κ1) is 50.2. The molecule has 1 aliphatic rings. The Kier molecular flexibility index (Phi) is 28.6. The Hall–Kier alpha value is -2.77. The van der Waals surface area contributed by atoms with Crippen LogP contribution in [0.1, 0.15) is 168 Å². The van der Waals surface area contributed by atoms with Crippen molar-refractivity contribution in [3.8, 4) is 0 Å². The lowest BCUT2D eigenvalue weighted by atomic mass is 9.88. The number of carboxylic acid groups (broad SMARTS) is 4. The van der Waals surface area contributed by atoms with Crippen LogP contribution in [0.2, 0.25) is 0 Å². The van der Waals surface area contributed by atoms with E-state index in [1.165, 1.54) is 108 Å². The standard InChI is InChI=1S/C42H78N4O9/c1-3-5-7-9-11-13-15-17-19-23-27-45(28-24-20-18-16-14-12-10-8-6-4-2)37(47)25-21-22-26-42(46(33-40(52)53)34-41(54)55)35-43(31-38(48)49)29-30-44(36-42)32-39(50)51/h3-36H2,1-2H3,(H,48,49)(H,50,51)(H,52,53)(H,54,55). The summed E-state index contributed by atoms with van der Waals surface area (Å²) in [7, 11) is 0. The summed E-state index contributed by atoms with van der Waals surface area (Å²) in [6.45, 7) is 4.64. The maximum Gasteiger partial charge on any atom is 0.317 e. The number of unbranched alkanes of at least 4 members (excludes halogenated alkanes) is 19. The molecule has 0 aromatic heterocycles. The zero-order valence-corrected chi connectivity index (χ0v) is 34.7. The Bertz CT molecular complexity index is 1010. The molecule has 0 aromatic rings. The van der Waals surface area contributed by atoms with E-state index in [4.69, 9.17) is 0 Å². The number of amides is 1. The van der Waals surface area contributed by atoms with Crippen molar-refractivity contribution < 1.29 is 44.4 Å². The number of carbonyl (C=O) groups is 5. The summed E-state index contributed by atoms with van der Waals surface area (Å²) >= 11 is 0. The van der Waals surface area contributed by atoms with E-state index in [1.807, 2.05) is 4.90 Å². The van der Waals surface area contributed by atoms with Gasteiger partial charge in [0.2, 0.25) is 5.91 Å². The highest BCUT2D eigenvalue weighted by molar-refractivity contribution is 5.76. The zero-order valence-electron chi connectivity index (χ0n) is 34.7. The molecule has 1 heterocycles. The molecule has 1 saturated heterocycles. The molecule has 0 bridgehead atoms. The largest absolute Gasteiger partial charge is 0.480 e. The molecular weight excluding hydrogens is 704 g/mol. The lowest BCUT2D eigenvalue weighted by Gasteiger charge is -2.45. The fraction of sp³-hybridized carbons (Fsp3) is 0.881. The van der Waals surface area contributed by atoms with E-state index in [1.54, 1.807) is 9.80 Å². The first-order valence-electron chi connectivity index (χ1n) is 21.8. The van der Waals surface area contributed by atoms with E-state index in [0.717, 1.165) is 38.8 Å². The second-order valence-corrected chi connectivity index (χ2v) is 16.0. The predicted molar refractivity (Wildman–Crippen MR) is 216 cm³/mol. The fourth-order valence-electron chi connectivity index (χ4n) is 8.04. The lowest BCUT2D eigenvalue weighted by Crippen LogP contribution is -2.62. The number of nitrogens with zero attached hydrogens (tertiary/aromatic N) is 4. The highest BCUT2D eigenvalue weighted by Crippen LogP contribution is 2.29. The Balaban J connectivity index is 2.94. The van der Waals surface area contributed by atoms with Gasteiger partial charge in [0.15, 0.2) is 0 Å². The van der Waals surface area contributed by atoms with Crippen LogP contribution < -0.4 is 0 Å². The van der Waals surface area contributed by atoms with Crippen LogP contribution in [-0.4, -0.2) is 141 Å². The minimum Gasteiger partial charge on any atom is -0.480 e. The summed E-state index contributed by atoms with van der Waals surface area (Å²) in [5.41, 5.74) is -1.16. The van der Waals surface area contributed by atoms with E-state index >= 15 is 0 Å². The summed E-state index contributed by atoms with van der Waals surface area (Å²) in [5, 5.41) is 38.8. The Morgan fingerprint density at radius 1 is 0.491 bits per heavy atom. The van der Waals surface area contributed by atoms with Crippen molar-refractivity contribution in [2.24, 2.45) is 0 Å². The monoisotopic (exact) mass is 783 g/mol. The van der Waals surface area contributed by atoms with Crippen molar-refractivity contribution in [2.45, 2.75) is 173 Å². The summed E-state index contributed by atoms with van der Waals surface area (Å²) in [5.74, 6) is -4.54. The molecule has 1 fully saturated rings. The lowest BCUT2D eigenvalue weighted by molar-refractivity contribution is -0.148. The molecule has 1 aliphatic heterocycles. The van der Waals surface area contributed by atoms with Gasteiger partial charge in [0, 0.05) is 51.2 Å². The summed E-state index contributed by atoms with van der Waals surface area (Å²) in [4.78, 5) is 67.8. The van der Waals surface area contributed by atoms with Gasteiger partial charge >= 0.3 is 23.9 Å². The molecule has 0 aromatic carbocycles. The highest BCUT2D eigenvalue weighted by atomic mass is 16.4. The van der Waals surface area contributed by atoms with Crippen molar-refractivity contribution in [1.29, 1.82) is 0 Å². The minimum atomic E-state index is -1.23. The number of carboxylic acids is 4. The van der Waals surface area contributed by atoms with E-state index in [-0.39, 0.29) is 51.6 Å². The Labute approximate surface area is 332 Å². The molecule has 0 radical (unpaired) electrons. The van der Waals surface area contributed by atoms with E-state index in [0.29, 0.717) is 19.3 Å². The number of rotatable bonds is 36. The van der Waals surface area contributed by atoms with Crippen LogP contribution in [0.5, 0.6) is 0 Å². The molecular formula is C42H78N4O9. The Morgan fingerprint density at radius 3 is 1.20 bits per heavy atom. The van der Waals surface area contributed by atoms with Crippen LogP contribution in [0, 0.1) is 0 Å². The smallest absolute Gasteiger partial charge is 0.317 e. The number of hydrogen-bond donors (Lipinski definition) is 4. The van der Waals surface area contributed by atoms with Gasteiger partial charge in [-0.1, -0.05) is 136 Å². The topological polar surface area (TPSA) is 179 Å². The van der Waals surface area contributed by atoms with Crippen molar-refractivity contribution in [2.75, 3.05) is 65.4 Å². The zero-order chi connectivity index (χ0) is 40.7. The van der Waals surface area contributed by atoms with Gasteiger partial charge < -0.3 is 25.3 Å². The maximum absolute atomic E-state index is 13.7. The molecule has 4 N–H and O–H groups in total. The molecule has 55 heavy (non-hydrogen) atoms. The second kappa shape index (κ2) is 31.3. The molecule has 13 nitrogen and oxygen atoms in total. The molecule has 13 heteroatoms. The third-order valence-corrected chi connectivity index (χ3v) is 11.0. The first-order valence-corrected chi connectivity index (χ1v) is 21.8. The molecule has 1 rings (SSSR count). The van der Waals surface area contributed by atoms with Gasteiger partial charge in [-0.2, -0.15) is 0 Å². The fourth-order valence-corrected chi connectivity index (χ4v) is 8.04. The minimum absolute atomic E-state index is 0.0630. The third-order valence-electron chi connectivity index (χ3n) is 11.0.